The van der Waals surface area contributed by atoms with E-state index in [1.54, 1.807) is 31.9 Å². The molecule has 0 aliphatic carbocycles. The summed E-state index contributed by atoms with van der Waals surface area (Å²) in [5, 5.41) is 0. The number of hydrogen-bond acceptors (Lipinski definition) is 5. The summed E-state index contributed by atoms with van der Waals surface area (Å²) in [6.07, 6.45) is 11.7. The van der Waals surface area contributed by atoms with Crippen LogP contribution >= 0.6 is 0 Å². The van der Waals surface area contributed by atoms with Gasteiger partial charge in [0.25, 0.3) is 0 Å². The normalized spacial score (nSPS) is 10.6. The Kier molecular flexibility index (Phi) is 5.67. The first-order valence-corrected chi connectivity index (χ1v) is 8.58. The van der Waals surface area contributed by atoms with Gasteiger partial charge < -0.3 is 4.74 Å². The van der Waals surface area contributed by atoms with Crippen LogP contribution in [0.1, 0.15) is 31.7 Å². The second kappa shape index (κ2) is 8.33. The zero-order chi connectivity index (χ0) is 17.5. The molecule has 0 radical (unpaired) electrons. The van der Waals surface area contributed by atoms with E-state index in [-0.39, 0.29) is 0 Å². The molecule has 0 unspecified atom stereocenters. The third-order valence-corrected chi connectivity index (χ3v) is 4.06. The van der Waals surface area contributed by atoms with Crippen LogP contribution < -0.4 is 4.74 Å². The Balaban J connectivity index is 1.71. The highest BCUT2D eigenvalue weighted by molar-refractivity contribution is 5.58. The van der Waals surface area contributed by atoms with E-state index in [4.69, 9.17) is 4.74 Å². The van der Waals surface area contributed by atoms with E-state index >= 15 is 0 Å². The molecule has 0 saturated heterocycles. The summed E-state index contributed by atoms with van der Waals surface area (Å²) in [5.74, 6) is 1.91. The van der Waals surface area contributed by atoms with Gasteiger partial charge in [0.2, 0.25) is 0 Å². The fourth-order valence-electron chi connectivity index (χ4n) is 2.56. The first kappa shape index (κ1) is 17.0. The summed E-state index contributed by atoms with van der Waals surface area (Å²) in [4.78, 5) is 17.4. The SMILES string of the molecule is CCCCCc1ccc(-c2ncc(-c3ncc(OC)cn3)cn2)cc1. The zero-order valence-corrected chi connectivity index (χ0v) is 14.6. The second-order valence-electron chi connectivity index (χ2n) is 5.90. The van der Waals surface area contributed by atoms with Crippen LogP contribution in [0.2, 0.25) is 0 Å². The molecule has 0 amide bonds. The van der Waals surface area contributed by atoms with Gasteiger partial charge >= 0.3 is 0 Å². The molecule has 0 aliphatic rings. The lowest BCUT2D eigenvalue weighted by Gasteiger charge is -2.05. The minimum absolute atomic E-state index is 0.582. The number of rotatable bonds is 7. The van der Waals surface area contributed by atoms with Crippen LogP contribution in [0, 0.1) is 0 Å². The van der Waals surface area contributed by atoms with Crippen LogP contribution in [0.3, 0.4) is 0 Å². The number of hydrogen-bond donors (Lipinski definition) is 0. The summed E-state index contributed by atoms with van der Waals surface area (Å²) in [6.45, 7) is 2.22. The number of benzene rings is 1. The smallest absolute Gasteiger partial charge is 0.162 e. The van der Waals surface area contributed by atoms with E-state index in [9.17, 15) is 0 Å². The molecule has 0 atom stereocenters. The molecule has 3 aromatic rings. The van der Waals surface area contributed by atoms with E-state index in [2.05, 4.69) is 51.1 Å². The molecule has 3 rings (SSSR count). The highest BCUT2D eigenvalue weighted by Crippen LogP contribution is 2.19. The molecule has 0 N–H and O–H groups in total. The molecule has 2 heterocycles. The molecule has 5 heteroatoms. The van der Waals surface area contributed by atoms with Crippen LogP contribution in [0.5, 0.6) is 5.75 Å². The Morgan fingerprint density at radius 1 is 0.760 bits per heavy atom. The molecule has 25 heavy (non-hydrogen) atoms. The quantitative estimate of drug-likeness (QED) is 0.601. The Hall–Kier alpha value is -2.82. The van der Waals surface area contributed by atoms with Crippen LogP contribution in [0.15, 0.2) is 49.1 Å². The van der Waals surface area contributed by atoms with Crippen molar-refractivity contribution in [2.45, 2.75) is 32.6 Å². The number of ether oxygens (including phenoxy) is 1. The Morgan fingerprint density at radius 3 is 1.96 bits per heavy atom. The highest BCUT2D eigenvalue weighted by atomic mass is 16.5. The second-order valence-corrected chi connectivity index (χ2v) is 5.90. The van der Waals surface area contributed by atoms with E-state index in [1.165, 1.54) is 24.8 Å². The fourth-order valence-corrected chi connectivity index (χ4v) is 2.56. The van der Waals surface area contributed by atoms with Gasteiger partial charge in [-0.05, 0) is 18.4 Å². The van der Waals surface area contributed by atoms with Crippen LogP contribution in [0.25, 0.3) is 22.8 Å². The van der Waals surface area contributed by atoms with Gasteiger partial charge in [0.15, 0.2) is 17.4 Å². The highest BCUT2D eigenvalue weighted by Gasteiger charge is 2.06. The van der Waals surface area contributed by atoms with E-state index in [0.29, 0.717) is 17.4 Å². The van der Waals surface area contributed by atoms with Gasteiger partial charge in [-0.3, -0.25) is 0 Å². The van der Waals surface area contributed by atoms with Crippen molar-refractivity contribution in [3.8, 4) is 28.5 Å². The minimum Gasteiger partial charge on any atom is -0.494 e. The number of aromatic nitrogens is 4. The van der Waals surface area contributed by atoms with Gasteiger partial charge in [-0.2, -0.15) is 0 Å². The molecule has 0 aliphatic heterocycles. The summed E-state index contributed by atoms with van der Waals surface area (Å²) >= 11 is 0. The van der Waals surface area contributed by atoms with Gasteiger partial charge in [0.05, 0.1) is 25.1 Å². The Morgan fingerprint density at radius 2 is 1.36 bits per heavy atom. The monoisotopic (exact) mass is 334 g/mol. The topological polar surface area (TPSA) is 60.8 Å². The lowest BCUT2D eigenvalue weighted by molar-refractivity contribution is 0.411. The molecule has 0 bridgehead atoms. The van der Waals surface area contributed by atoms with Crippen molar-refractivity contribution < 1.29 is 4.74 Å². The van der Waals surface area contributed by atoms with Crippen LogP contribution in [0.4, 0.5) is 0 Å². The average Bonchev–Trinajstić information content (AvgIpc) is 2.69. The molecule has 0 fully saturated rings. The van der Waals surface area contributed by atoms with E-state index < -0.39 is 0 Å². The summed E-state index contributed by atoms with van der Waals surface area (Å²) in [5.41, 5.74) is 3.16. The number of methoxy groups -OCH3 is 1. The first-order chi connectivity index (χ1) is 12.3. The predicted molar refractivity (Wildman–Crippen MR) is 98.3 cm³/mol. The standard InChI is InChI=1S/C20H22N4O/c1-3-4-5-6-15-7-9-16(10-8-15)19-21-11-17(12-22-19)20-23-13-18(25-2)14-24-20/h7-14H,3-6H2,1-2H3. The first-order valence-electron chi connectivity index (χ1n) is 8.58. The van der Waals surface area contributed by atoms with Crippen molar-refractivity contribution in [3.05, 3.63) is 54.6 Å². The molecule has 2 aromatic heterocycles. The van der Waals surface area contributed by atoms with Crippen molar-refractivity contribution in [2.24, 2.45) is 0 Å². The van der Waals surface area contributed by atoms with Crippen molar-refractivity contribution in [2.75, 3.05) is 7.11 Å². The van der Waals surface area contributed by atoms with E-state index in [0.717, 1.165) is 17.5 Å². The largest absolute Gasteiger partial charge is 0.494 e. The lowest BCUT2D eigenvalue weighted by atomic mass is 10.1. The summed E-state index contributed by atoms with van der Waals surface area (Å²) < 4.78 is 5.07. The molecule has 0 saturated carbocycles. The van der Waals surface area contributed by atoms with E-state index in [1.807, 2.05) is 0 Å². The van der Waals surface area contributed by atoms with Gasteiger partial charge in [0, 0.05) is 18.0 Å². The van der Waals surface area contributed by atoms with Crippen molar-refractivity contribution in [1.82, 2.24) is 19.9 Å². The maximum atomic E-state index is 5.07. The maximum absolute atomic E-state index is 5.07. The average molecular weight is 334 g/mol. The fraction of sp³-hybridized carbons (Fsp3) is 0.300. The predicted octanol–water partition coefficient (Wildman–Crippen LogP) is 4.34. The van der Waals surface area contributed by atoms with Gasteiger partial charge in [-0.1, -0.05) is 44.0 Å². The summed E-state index contributed by atoms with van der Waals surface area (Å²) in [6, 6.07) is 8.49. The zero-order valence-electron chi connectivity index (χ0n) is 14.6. The minimum atomic E-state index is 0.582. The Labute approximate surface area is 148 Å². The molecule has 128 valence electrons. The maximum Gasteiger partial charge on any atom is 0.162 e. The molecule has 5 nitrogen and oxygen atoms in total. The molecular formula is C20H22N4O. The number of aryl methyl sites for hydroxylation is 1. The molecule has 1 aromatic carbocycles. The van der Waals surface area contributed by atoms with Crippen molar-refractivity contribution >= 4 is 0 Å². The van der Waals surface area contributed by atoms with Gasteiger partial charge in [0.1, 0.15) is 0 Å². The van der Waals surface area contributed by atoms with Crippen LogP contribution in [-0.4, -0.2) is 27.0 Å². The van der Waals surface area contributed by atoms with Gasteiger partial charge in [-0.15, -0.1) is 0 Å². The molecule has 0 spiro atoms. The summed E-state index contributed by atoms with van der Waals surface area (Å²) in [7, 11) is 1.59. The van der Waals surface area contributed by atoms with Crippen molar-refractivity contribution in [3.63, 3.8) is 0 Å². The third-order valence-electron chi connectivity index (χ3n) is 4.06. The molecular weight excluding hydrogens is 312 g/mol. The third kappa shape index (κ3) is 4.38. The number of nitrogens with zero attached hydrogens (tertiary/aromatic N) is 4. The van der Waals surface area contributed by atoms with Gasteiger partial charge in [-0.25, -0.2) is 19.9 Å². The lowest BCUT2D eigenvalue weighted by Crippen LogP contribution is -1.94. The number of unbranched alkanes of at least 4 members (excludes halogenated alkanes) is 2. The van der Waals surface area contributed by atoms with Crippen LogP contribution in [-0.2, 0) is 6.42 Å². The Bertz CT molecular complexity index is 783. The van der Waals surface area contributed by atoms with Crippen molar-refractivity contribution in [1.29, 1.82) is 0 Å².